The summed E-state index contributed by atoms with van der Waals surface area (Å²) < 4.78 is 1.90. The van der Waals surface area contributed by atoms with Crippen molar-refractivity contribution in [1.29, 1.82) is 0 Å². The summed E-state index contributed by atoms with van der Waals surface area (Å²) in [5.74, 6) is -0.110. The van der Waals surface area contributed by atoms with Gasteiger partial charge in [0, 0.05) is 37.4 Å². The summed E-state index contributed by atoms with van der Waals surface area (Å²) in [5, 5.41) is 7.16. The van der Waals surface area contributed by atoms with Crippen LogP contribution in [0.15, 0.2) is 0 Å². The van der Waals surface area contributed by atoms with Gasteiger partial charge in [0.1, 0.15) is 0 Å². The summed E-state index contributed by atoms with van der Waals surface area (Å²) in [6.07, 6.45) is 2.10. The van der Waals surface area contributed by atoms with E-state index in [1.165, 1.54) is 10.5 Å². The molecule has 0 aromatic carbocycles. The Bertz CT molecular complexity index is 609. The lowest BCUT2D eigenvalue weighted by molar-refractivity contribution is -0.129. The Morgan fingerprint density at radius 2 is 2.14 bits per heavy atom. The molecular formula is C15H23N5O2. The number of nitrogens with zero attached hydrogens (tertiary/aromatic N) is 4. The van der Waals surface area contributed by atoms with Crippen molar-refractivity contribution in [3.8, 4) is 0 Å². The molecule has 3 rings (SSSR count). The predicted molar refractivity (Wildman–Crippen MR) is 81.3 cm³/mol. The fourth-order valence-corrected chi connectivity index (χ4v) is 3.58. The van der Waals surface area contributed by atoms with Gasteiger partial charge >= 0.3 is 6.03 Å². The summed E-state index contributed by atoms with van der Waals surface area (Å²) >= 11 is 0. The molecular weight excluding hydrogens is 282 g/mol. The molecule has 1 atom stereocenters. The van der Waals surface area contributed by atoms with Gasteiger partial charge < -0.3 is 5.32 Å². The molecule has 2 aliphatic heterocycles. The third-order valence-corrected chi connectivity index (χ3v) is 4.76. The highest BCUT2D eigenvalue weighted by Gasteiger charge is 2.34. The number of likely N-dealkylation sites (tertiary alicyclic amines) is 1. The molecule has 0 spiro atoms. The third kappa shape index (κ3) is 2.49. The third-order valence-electron chi connectivity index (χ3n) is 4.76. The quantitative estimate of drug-likeness (QED) is 0.893. The van der Waals surface area contributed by atoms with Crippen LogP contribution in [0.1, 0.15) is 35.8 Å². The van der Waals surface area contributed by atoms with E-state index in [0.717, 1.165) is 30.8 Å². The number of hydrogen-bond acceptors (Lipinski definition) is 4. The fourth-order valence-electron chi connectivity index (χ4n) is 3.58. The van der Waals surface area contributed by atoms with Crippen molar-refractivity contribution in [3.05, 3.63) is 17.0 Å². The minimum Gasteiger partial charge on any atom is -0.336 e. The lowest BCUT2D eigenvalue weighted by atomic mass is 10.0. The first kappa shape index (κ1) is 15.0. The van der Waals surface area contributed by atoms with E-state index in [2.05, 4.69) is 22.2 Å². The van der Waals surface area contributed by atoms with Crippen LogP contribution in [0.3, 0.4) is 0 Å². The number of urea groups is 1. The normalized spacial score (nSPS) is 22.4. The van der Waals surface area contributed by atoms with E-state index >= 15 is 0 Å². The summed E-state index contributed by atoms with van der Waals surface area (Å²) in [6.45, 7) is 6.30. The van der Waals surface area contributed by atoms with E-state index in [9.17, 15) is 9.59 Å². The number of aryl methyl sites for hydroxylation is 2. The predicted octanol–water partition coefficient (Wildman–Crippen LogP) is 0.726. The van der Waals surface area contributed by atoms with Crippen LogP contribution < -0.4 is 5.32 Å². The van der Waals surface area contributed by atoms with Crippen molar-refractivity contribution in [3.63, 3.8) is 0 Å². The van der Waals surface area contributed by atoms with E-state index in [4.69, 9.17) is 0 Å². The molecule has 1 N–H and O–H groups in total. The first-order valence-corrected chi connectivity index (χ1v) is 7.81. The topological polar surface area (TPSA) is 70.5 Å². The van der Waals surface area contributed by atoms with E-state index < -0.39 is 0 Å². The van der Waals surface area contributed by atoms with Crippen molar-refractivity contribution >= 4 is 11.9 Å². The first-order chi connectivity index (χ1) is 10.5. The number of rotatable bonds is 3. The van der Waals surface area contributed by atoms with Gasteiger partial charge in [0.25, 0.3) is 0 Å². The van der Waals surface area contributed by atoms with Crippen LogP contribution >= 0.6 is 0 Å². The van der Waals surface area contributed by atoms with E-state index in [1.807, 2.05) is 18.7 Å². The minimum absolute atomic E-state index is 0.110. The van der Waals surface area contributed by atoms with Gasteiger partial charge in [-0.1, -0.05) is 0 Å². The smallest absolute Gasteiger partial charge is 0.324 e. The van der Waals surface area contributed by atoms with Crippen LogP contribution in [0.25, 0.3) is 0 Å². The van der Waals surface area contributed by atoms with Gasteiger partial charge in [-0.05, 0) is 33.2 Å². The Hall–Kier alpha value is -1.89. The lowest BCUT2D eigenvalue weighted by Gasteiger charge is -2.26. The van der Waals surface area contributed by atoms with Crippen molar-refractivity contribution in [2.24, 2.45) is 7.05 Å². The molecule has 2 fully saturated rings. The maximum Gasteiger partial charge on any atom is 0.324 e. The van der Waals surface area contributed by atoms with Crippen molar-refractivity contribution in [2.75, 3.05) is 26.2 Å². The number of hydrogen-bond donors (Lipinski definition) is 1. The maximum atomic E-state index is 12.4. The largest absolute Gasteiger partial charge is 0.336 e. The van der Waals surface area contributed by atoms with Crippen LogP contribution in [-0.4, -0.2) is 57.7 Å². The second kappa shape index (κ2) is 5.72. The lowest BCUT2D eigenvalue weighted by Crippen LogP contribution is -2.41. The van der Waals surface area contributed by atoms with Gasteiger partial charge in [-0.15, -0.1) is 0 Å². The van der Waals surface area contributed by atoms with E-state index in [1.54, 1.807) is 0 Å². The molecule has 0 bridgehead atoms. The van der Waals surface area contributed by atoms with Gasteiger partial charge in [-0.25, -0.2) is 4.79 Å². The Morgan fingerprint density at radius 3 is 2.73 bits per heavy atom. The number of carbonyl (C=O) groups is 2. The monoisotopic (exact) mass is 305 g/mol. The molecule has 3 amide bonds. The molecule has 0 aliphatic carbocycles. The minimum atomic E-state index is -0.269. The highest BCUT2D eigenvalue weighted by molar-refractivity contribution is 5.96. The van der Waals surface area contributed by atoms with E-state index in [0.29, 0.717) is 19.6 Å². The van der Waals surface area contributed by atoms with Crippen LogP contribution in [0.5, 0.6) is 0 Å². The molecule has 1 unspecified atom stereocenters. The first-order valence-electron chi connectivity index (χ1n) is 7.81. The van der Waals surface area contributed by atoms with Crippen LogP contribution in [-0.2, 0) is 11.8 Å². The van der Waals surface area contributed by atoms with E-state index in [-0.39, 0.29) is 18.0 Å². The second-order valence-electron chi connectivity index (χ2n) is 6.11. The molecule has 120 valence electrons. The van der Waals surface area contributed by atoms with Gasteiger partial charge in [0.15, 0.2) is 0 Å². The van der Waals surface area contributed by atoms with Crippen LogP contribution in [0, 0.1) is 13.8 Å². The van der Waals surface area contributed by atoms with Crippen molar-refractivity contribution < 1.29 is 9.59 Å². The van der Waals surface area contributed by atoms with Crippen molar-refractivity contribution in [2.45, 2.75) is 32.7 Å². The zero-order valence-corrected chi connectivity index (χ0v) is 13.4. The number of imide groups is 1. The Labute approximate surface area is 130 Å². The van der Waals surface area contributed by atoms with Crippen molar-refractivity contribution in [1.82, 2.24) is 24.9 Å². The molecule has 2 aliphatic rings. The van der Waals surface area contributed by atoms with Crippen LogP contribution in [0.2, 0.25) is 0 Å². The van der Waals surface area contributed by atoms with Gasteiger partial charge in [-0.3, -0.25) is 19.3 Å². The molecule has 22 heavy (non-hydrogen) atoms. The summed E-state index contributed by atoms with van der Waals surface area (Å²) in [6, 6.07) is -0.0437. The zero-order valence-electron chi connectivity index (χ0n) is 13.4. The Balaban J connectivity index is 1.76. The molecule has 0 saturated carbocycles. The highest BCUT2D eigenvalue weighted by atomic mass is 16.2. The van der Waals surface area contributed by atoms with Gasteiger partial charge in [0.2, 0.25) is 5.91 Å². The summed E-state index contributed by atoms with van der Waals surface area (Å²) in [5.41, 5.74) is 3.42. The Morgan fingerprint density at radius 1 is 1.36 bits per heavy atom. The average Bonchev–Trinajstić information content (AvgIpc) is 3.13. The number of amides is 3. The SMILES string of the molecule is Cc1nn(C)c(C)c1C1CCCN1CC(=O)N1CCNC1=O. The Kier molecular flexibility index (Phi) is 3.90. The summed E-state index contributed by atoms with van der Waals surface area (Å²) in [7, 11) is 1.95. The molecule has 1 aromatic rings. The molecule has 0 radical (unpaired) electrons. The molecule has 2 saturated heterocycles. The average molecular weight is 305 g/mol. The molecule has 1 aromatic heterocycles. The molecule has 3 heterocycles. The molecule has 7 nitrogen and oxygen atoms in total. The second-order valence-corrected chi connectivity index (χ2v) is 6.11. The molecule has 7 heteroatoms. The summed E-state index contributed by atoms with van der Waals surface area (Å²) in [4.78, 5) is 27.5. The van der Waals surface area contributed by atoms with Gasteiger partial charge in [-0.2, -0.15) is 5.10 Å². The number of aromatic nitrogens is 2. The number of carbonyl (C=O) groups excluding carboxylic acids is 2. The fraction of sp³-hybridized carbons (Fsp3) is 0.667. The van der Waals surface area contributed by atoms with Gasteiger partial charge in [0.05, 0.1) is 12.2 Å². The zero-order chi connectivity index (χ0) is 15.9. The standard InChI is InChI=1S/C15H23N5O2/c1-10-14(11(2)18(3)17-10)12-5-4-7-19(12)9-13(21)20-8-6-16-15(20)22/h12H,4-9H2,1-3H3,(H,16,22). The number of nitrogens with one attached hydrogen (secondary N) is 1. The highest BCUT2D eigenvalue weighted by Crippen LogP contribution is 2.35. The maximum absolute atomic E-state index is 12.4. The van der Waals surface area contributed by atoms with Crippen LogP contribution in [0.4, 0.5) is 4.79 Å².